The van der Waals surface area contributed by atoms with Crippen LogP contribution in [0.4, 0.5) is 5.69 Å². The molecular formula is C13H18N2. The zero-order chi connectivity index (χ0) is 10.3. The summed E-state index contributed by atoms with van der Waals surface area (Å²) < 4.78 is 0. The Morgan fingerprint density at radius 3 is 2.87 bits per heavy atom. The van der Waals surface area contributed by atoms with Gasteiger partial charge in [-0.05, 0) is 37.9 Å². The molecule has 2 aliphatic rings. The molecule has 0 aromatic heterocycles. The number of anilines is 1. The van der Waals surface area contributed by atoms with Crippen molar-refractivity contribution in [2.45, 2.75) is 25.2 Å². The van der Waals surface area contributed by atoms with Gasteiger partial charge >= 0.3 is 0 Å². The predicted octanol–water partition coefficient (Wildman–Crippen LogP) is 2.04. The van der Waals surface area contributed by atoms with Crippen LogP contribution in [0.3, 0.4) is 0 Å². The summed E-state index contributed by atoms with van der Waals surface area (Å²) in [7, 11) is 0. The molecule has 2 N–H and O–H groups in total. The predicted molar refractivity (Wildman–Crippen MR) is 63.5 cm³/mol. The summed E-state index contributed by atoms with van der Waals surface area (Å²) in [6.45, 7) is 5.64. The van der Waals surface area contributed by atoms with Gasteiger partial charge in [-0.3, -0.25) is 0 Å². The largest absolute Gasteiger partial charge is 0.385 e. The Morgan fingerprint density at radius 1 is 1.20 bits per heavy atom. The third-order valence-electron chi connectivity index (χ3n) is 3.91. The van der Waals surface area contributed by atoms with Crippen molar-refractivity contribution in [3.8, 4) is 0 Å². The van der Waals surface area contributed by atoms with E-state index in [1.54, 1.807) is 5.56 Å². The average Bonchev–Trinajstić information content (AvgIpc) is 2.69. The van der Waals surface area contributed by atoms with Crippen LogP contribution in [0.25, 0.3) is 0 Å². The Balaban J connectivity index is 2.12. The molecule has 0 saturated carbocycles. The van der Waals surface area contributed by atoms with Gasteiger partial charge in [0.1, 0.15) is 0 Å². The Hall–Kier alpha value is -1.02. The van der Waals surface area contributed by atoms with E-state index in [1.165, 1.54) is 30.6 Å². The van der Waals surface area contributed by atoms with Crippen LogP contribution in [0.15, 0.2) is 18.2 Å². The summed E-state index contributed by atoms with van der Waals surface area (Å²) >= 11 is 0. The minimum absolute atomic E-state index is 0.423. The lowest BCUT2D eigenvalue weighted by atomic mass is 9.74. The summed E-state index contributed by atoms with van der Waals surface area (Å²) in [6.07, 6.45) is 2.57. The van der Waals surface area contributed by atoms with Crippen molar-refractivity contribution >= 4 is 5.69 Å². The summed E-state index contributed by atoms with van der Waals surface area (Å²) in [6, 6.07) is 6.81. The van der Waals surface area contributed by atoms with Crippen molar-refractivity contribution < 1.29 is 0 Å². The van der Waals surface area contributed by atoms with E-state index in [4.69, 9.17) is 0 Å². The maximum Gasteiger partial charge on any atom is 0.0379 e. The van der Waals surface area contributed by atoms with Crippen molar-refractivity contribution in [2.75, 3.05) is 25.0 Å². The van der Waals surface area contributed by atoms with E-state index in [2.05, 4.69) is 35.8 Å². The summed E-state index contributed by atoms with van der Waals surface area (Å²) in [5.41, 5.74) is 4.70. The topological polar surface area (TPSA) is 24.1 Å². The van der Waals surface area contributed by atoms with Crippen molar-refractivity contribution in [3.05, 3.63) is 29.3 Å². The highest BCUT2D eigenvalue weighted by molar-refractivity contribution is 5.58. The van der Waals surface area contributed by atoms with Gasteiger partial charge in [-0.1, -0.05) is 17.7 Å². The molecule has 1 aromatic carbocycles. The van der Waals surface area contributed by atoms with E-state index in [0.29, 0.717) is 5.41 Å². The van der Waals surface area contributed by atoms with Crippen LogP contribution in [0.5, 0.6) is 0 Å². The van der Waals surface area contributed by atoms with Crippen molar-refractivity contribution in [1.82, 2.24) is 5.32 Å². The smallest absolute Gasteiger partial charge is 0.0379 e. The second-order valence-electron chi connectivity index (χ2n) is 4.93. The number of aryl methyl sites for hydroxylation is 1. The Kier molecular flexibility index (Phi) is 1.99. The molecule has 1 spiro atoms. The van der Waals surface area contributed by atoms with Crippen LogP contribution in [0.1, 0.15) is 24.0 Å². The Labute approximate surface area is 91.1 Å². The normalized spacial score (nSPS) is 28.9. The van der Waals surface area contributed by atoms with Crippen LogP contribution in [-0.4, -0.2) is 19.6 Å². The molecule has 2 heteroatoms. The molecule has 1 atom stereocenters. The number of nitrogens with one attached hydrogen (secondary N) is 2. The van der Waals surface area contributed by atoms with E-state index >= 15 is 0 Å². The number of rotatable bonds is 0. The molecule has 0 aliphatic carbocycles. The number of fused-ring (bicyclic) bond motifs is 2. The fraction of sp³-hybridized carbons (Fsp3) is 0.538. The van der Waals surface area contributed by atoms with Crippen LogP contribution < -0.4 is 10.6 Å². The first kappa shape index (κ1) is 9.22. The molecule has 15 heavy (non-hydrogen) atoms. The van der Waals surface area contributed by atoms with Gasteiger partial charge in [0.05, 0.1) is 0 Å². The fourth-order valence-corrected chi connectivity index (χ4v) is 3.01. The SMILES string of the molecule is Cc1ccc2c(c1)C1(CCNC1)CCN2. The lowest BCUT2D eigenvalue weighted by Gasteiger charge is -2.36. The summed E-state index contributed by atoms with van der Waals surface area (Å²) in [4.78, 5) is 0. The summed E-state index contributed by atoms with van der Waals surface area (Å²) in [5.74, 6) is 0. The van der Waals surface area contributed by atoms with Gasteiger partial charge in [0.25, 0.3) is 0 Å². The van der Waals surface area contributed by atoms with E-state index < -0.39 is 0 Å². The molecule has 0 radical (unpaired) electrons. The summed E-state index contributed by atoms with van der Waals surface area (Å²) in [5, 5.41) is 7.03. The highest BCUT2D eigenvalue weighted by atomic mass is 15.0. The molecule has 2 heterocycles. The molecule has 1 saturated heterocycles. The fourth-order valence-electron chi connectivity index (χ4n) is 3.01. The van der Waals surface area contributed by atoms with Crippen LogP contribution in [-0.2, 0) is 5.41 Å². The van der Waals surface area contributed by atoms with Gasteiger partial charge in [0.15, 0.2) is 0 Å². The molecule has 80 valence electrons. The quantitative estimate of drug-likeness (QED) is 0.672. The van der Waals surface area contributed by atoms with Gasteiger partial charge in [0.2, 0.25) is 0 Å². The molecule has 0 amide bonds. The zero-order valence-corrected chi connectivity index (χ0v) is 9.27. The third-order valence-corrected chi connectivity index (χ3v) is 3.91. The van der Waals surface area contributed by atoms with Crippen LogP contribution in [0, 0.1) is 6.92 Å². The maximum atomic E-state index is 3.52. The maximum absolute atomic E-state index is 3.52. The first-order valence-corrected chi connectivity index (χ1v) is 5.86. The highest BCUT2D eigenvalue weighted by Gasteiger charge is 2.38. The monoisotopic (exact) mass is 202 g/mol. The second-order valence-corrected chi connectivity index (χ2v) is 4.93. The second kappa shape index (κ2) is 3.24. The van der Waals surface area contributed by atoms with Gasteiger partial charge < -0.3 is 10.6 Å². The molecular weight excluding hydrogens is 184 g/mol. The molecule has 2 aliphatic heterocycles. The van der Waals surface area contributed by atoms with Gasteiger partial charge in [-0.25, -0.2) is 0 Å². The van der Waals surface area contributed by atoms with Crippen LogP contribution >= 0.6 is 0 Å². The first-order valence-electron chi connectivity index (χ1n) is 5.86. The molecule has 3 rings (SSSR count). The van der Waals surface area contributed by atoms with E-state index in [-0.39, 0.29) is 0 Å². The average molecular weight is 202 g/mol. The zero-order valence-electron chi connectivity index (χ0n) is 9.27. The number of hydrogen-bond acceptors (Lipinski definition) is 2. The van der Waals surface area contributed by atoms with E-state index in [9.17, 15) is 0 Å². The standard InChI is InChI=1S/C13H18N2/c1-10-2-3-12-11(8-10)13(5-7-15-12)4-6-14-9-13/h2-3,8,14-15H,4-7,9H2,1H3. The minimum atomic E-state index is 0.423. The van der Waals surface area contributed by atoms with Crippen LogP contribution in [0.2, 0.25) is 0 Å². The Morgan fingerprint density at radius 2 is 2.07 bits per heavy atom. The lowest BCUT2D eigenvalue weighted by Crippen LogP contribution is -2.36. The van der Waals surface area contributed by atoms with Gasteiger partial charge in [0, 0.05) is 24.2 Å². The molecule has 1 aromatic rings. The third kappa shape index (κ3) is 1.36. The van der Waals surface area contributed by atoms with Crippen molar-refractivity contribution in [1.29, 1.82) is 0 Å². The molecule has 1 fully saturated rings. The van der Waals surface area contributed by atoms with Gasteiger partial charge in [-0.15, -0.1) is 0 Å². The van der Waals surface area contributed by atoms with E-state index in [0.717, 1.165) is 13.1 Å². The number of benzene rings is 1. The highest BCUT2D eigenvalue weighted by Crippen LogP contribution is 2.41. The Bertz CT molecular complexity index is 378. The minimum Gasteiger partial charge on any atom is -0.385 e. The molecule has 0 bridgehead atoms. The molecule has 2 nitrogen and oxygen atoms in total. The van der Waals surface area contributed by atoms with Gasteiger partial charge in [-0.2, -0.15) is 0 Å². The molecule has 1 unspecified atom stereocenters. The number of hydrogen-bond donors (Lipinski definition) is 2. The van der Waals surface area contributed by atoms with Crippen molar-refractivity contribution in [2.24, 2.45) is 0 Å². The van der Waals surface area contributed by atoms with Crippen molar-refractivity contribution in [3.63, 3.8) is 0 Å². The lowest BCUT2D eigenvalue weighted by molar-refractivity contribution is 0.434. The first-order chi connectivity index (χ1) is 7.30. The van der Waals surface area contributed by atoms with E-state index in [1.807, 2.05) is 0 Å².